The highest BCUT2D eigenvalue weighted by molar-refractivity contribution is 5.85. The number of aromatic nitrogens is 3. The minimum absolute atomic E-state index is 0. The molecule has 1 aromatic carbocycles. The number of carbonyl (C=O) groups is 1. The number of fused-ring (bicyclic) bond motifs is 1. The molecule has 0 unspecified atom stereocenters. The lowest BCUT2D eigenvalue weighted by Crippen LogP contribution is -2.39. The van der Waals surface area contributed by atoms with Crippen molar-refractivity contribution >= 4 is 30.7 Å². The van der Waals surface area contributed by atoms with Gasteiger partial charge in [-0.05, 0) is 38.3 Å². The maximum Gasteiger partial charge on any atom is 0.223 e. The van der Waals surface area contributed by atoms with E-state index in [2.05, 4.69) is 20.1 Å². The molecule has 0 bridgehead atoms. The molecule has 0 saturated carbocycles. The minimum atomic E-state index is 0. The van der Waals surface area contributed by atoms with Gasteiger partial charge in [0, 0.05) is 25.1 Å². The van der Waals surface area contributed by atoms with E-state index in [1.54, 1.807) is 0 Å². The van der Waals surface area contributed by atoms with Crippen molar-refractivity contribution in [3.63, 3.8) is 0 Å². The van der Waals surface area contributed by atoms with Crippen LogP contribution < -0.4 is 5.32 Å². The third-order valence-electron chi connectivity index (χ3n) is 5.36. The molecule has 1 saturated heterocycles. The van der Waals surface area contributed by atoms with Crippen molar-refractivity contribution in [3.05, 3.63) is 36.2 Å². The van der Waals surface area contributed by atoms with Crippen molar-refractivity contribution < 1.29 is 4.79 Å². The van der Waals surface area contributed by atoms with E-state index in [9.17, 15) is 4.79 Å². The number of nitrogens with one attached hydrogen (secondary N) is 1. The van der Waals surface area contributed by atoms with Gasteiger partial charge in [-0.1, -0.05) is 30.3 Å². The Bertz CT molecular complexity index is 731. The molecule has 148 valence electrons. The molecule has 0 radical (unpaired) electrons. The lowest BCUT2D eigenvalue weighted by Gasteiger charge is -2.29. The van der Waals surface area contributed by atoms with Crippen molar-refractivity contribution in [3.8, 4) is 11.4 Å². The van der Waals surface area contributed by atoms with E-state index in [-0.39, 0.29) is 30.7 Å². The summed E-state index contributed by atoms with van der Waals surface area (Å²) in [6.07, 6.45) is 4.06. The molecule has 3 heterocycles. The maximum atomic E-state index is 12.6. The number of hydrogen-bond donors (Lipinski definition) is 1. The van der Waals surface area contributed by atoms with Crippen LogP contribution in [0.15, 0.2) is 30.3 Å². The molecule has 0 atom stereocenters. The Kier molecular flexibility index (Phi) is 8.07. The number of amides is 1. The minimum Gasteiger partial charge on any atom is -0.333 e. The van der Waals surface area contributed by atoms with Gasteiger partial charge in [-0.25, -0.2) is 0 Å². The number of rotatable bonds is 4. The molecule has 1 fully saturated rings. The lowest BCUT2D eigenvalue weighted by molar-refractivity contribution is -0.133. The van der Waals surface area contributed by atoms with Gasteiger partial charge in [-0.3, -0.25) is 4.79 Å². The van der Waals surface area contributed by atoms with Crippen LogP contribution in [0.25, 0.3) is 11.4 Å². The zero-order valence-corrected chi connectivity index (χ0v) is 17.0. The molecular weight excluding hydrogens is 385 g/mol. The van der Waals surface area contributed by atoms with E-state index in [4.69, 9.17) is 0 Å². The zero-order chi connectivity index (χ0) is 17.1. The van der Waals surface area contributed by atoms with Gasteiger partial charge in [0.2, 0.25) is 5.91 Å². The van der Waals surface area contributed by atoms with Gasteiger partial charge in [-0.2, -0.15) is 0 Å². The van der Waals surface area contributed by atoms with Crippen LogP contribution in [0, 0.1) is 5.92 Å². The van der Waals surface area contributed by atoms with Crippen LogP contribution >= 0.6 is 24.8 Å². The number of hydrogen-bond acceptors (Lipinski definition) is 4. The summed E-state index contributed by atoms with van der Waals surface area (Å²) in [5.74, 6) is 2.75. The summed E-state index contributed by atoms with van der Waals surface area (Å²) < 4.78 is 2.14. The Balaban J connectivity index is 0.00000131. The molecule has 0 spiro atoms. The smallest absolute Gasteiger partial charge is 0.223 e. The average Bonchev–Trinajstić information content (AvgIpc) is 3.11. The first-order valence-electron chi connectivity index (χ1n) is 9.27. The lowest BCUT2D eigenvalue weighted by atomic mass is 9.93. The summed E-state index contributed by atoms with van der Waals surface area (Å²) in [5.41, 5.74) is 1.08. The van der Waals surface area contributed by atoms with Gasteiger partial charge in [0.1, 0.15) is 0 Å². The summed E-state index contributed by atoms with van der Waals surface area (Å²) in [4.78, 5) is 14.5. The van der Waals surface area contributed by atoms with Gasteiger partial charge < -0.3 is 14.8 Å². The fraction of sp³-hybridized carbons (Fsp3) is 0.526. The normalized spacial score (nSPS) is 16.8. The molecule has 2 aliphatic heterocycles. The van der Waals surface area contributed by atoms with Crippen LogP contribution in [0.2, 0.25) is 0 Å². The predicted octanol–water partition coefficient (Wildman–Crippen LogP) is 2.91. The Morgan fingerprint density at radius 1 is 1.07 bits per heavy atom. The second-order valence-corrected chi connectivity index (χ2v) is 7.00. The predicted molar refractivity (Wildman–Crippen MR) is 110 cm³/mol. The monoisotopic (exact) mass is 411 g/mol. The molecule has 4 rings (SSSR count). The maximum absolute atomic E-state index is 12.6. The van der Waals surface area contributed by atoms with Crippen molar-refractivity contribution in [2.24, 2.45) is 5.92 Å². The Morgan fingerprint density at radius 2 is 1.81 bits per heavy atom. The first kappa shape index (κ1) is 21.7. The number of carbonyl (C=O) groups excluding carboxylic acids is 1. The summed E-state index contributed by atoms with van der Waals surface area (Å²) in [5, 5.41) is 12.1. The quantitative estimate of drug-likeness (QED) is 0.839. The molecule has 2 aliphatic rings. The highest BCUT2D eigenvalue weighted by Crippen LogP contribution is 2.23. The van der Waals surface area contributed by atoms with Gasteiger partial charge in [0.05, 0.1) is 6.54 Å². The van der Waals surface area contributed by atoms with E-state index in [0.29, 0.717) is 18.9 Å². The van der Waals surface area contributed by atoms with E-state index in [1.807, 2.05) is 35.2 Å². The average molecular weight is 412 g/mol. The molecule has 8 heteroatoms. The van der Waals surface area contributed by atoms with E-state index < -0.39 is 0 Å². The molecule has 2 aromatic rings. The number of piperidine rings is 1. The van der Waals surface area contributed by atoms with Gasteiger partial charge >= 0.3 is 0 Å². The highest BCUT2D eigenvalue weighted by atomic mass is 35.5. The van der Waals surface area contributed by atoms with Gasteiger partial charge in [0.25, 0.3) is 0 Å². The van der Waals surface area contributed by atoms with Crippen LogP contribution in [0.1, 0.15) is 31.5 Å². The Labute approximate surface area is 172 Å². The van der Waals surface area contributed by atoms with E-state index in [1.165, 1.54) is 12.8 Å². The van der Waals surface area contributed by atoms with Crippen LogP contribution in [-0.2, 0) is 17.9 Å². The van der Waals surface area contributed by atoms with Crippen LogP contribution in [0.5, 0.6) is 0 Å². The SMILES string of the molecule is Cl.Cl.O=C(CCC1CCNCC1)N1CCn2c(nnc2-c2ccccc2)C1. The standard InChI is InChI=1S/C19H25N5O.2ClH/c25-18(7-6-15-8-10-20-11-9-15)23-12-13-24-17(14-23)21-22-19(24)16-4-2-1-3-5-16;;/h1-5,15,20H,6-14H2;2*1H. The first-order valence-corrected chi connectivity index (χ1v) is 9.27. The third-order valence-corrected chi connectivity index (χ3v) is 5.36. The largest absolute Gasteiger partial charge is 0.333 e. The Hall–Kier alpha value is -1.63. The van der Waals surface area contributed by atoms with Crippen molar-refractivity contribution in [1.82, 2.24) is 25.0 Å². The van der Waals surface area contributed by atoms with E-state index in [0.717, 1.165) is 49.8 Å². The second kappa shape index (κ2) is 10.1. The number of benzene rings is 1. The zero-order valence-electron chi connectivity index (χ0n) is 15.3. The first-order chi connectivity index (χ1) is 12.3. The summed E-state index contributed by atoms with van der Waals surface area (Å²) >= 11 is 0. The van der Waals surface area contributed by atoms with Crippen molar-refractivity contribution in [2.75, 3.05) is 19.6 Å². The molecule has 1 aromatic heterocycles. The van der Waals surface area contributed by atoms with Gasteiger partial charge in [-0.15, -0.1) is 35.0 Å². The fourth-order valence-corrected chi connectivity index (χ4v) is 3.83. The van der Waals surface area contributed by atoms with Gasteiger partial charge in [0.15, 0.2) is 11.6 Å². The van der Waals surface area contributed by atoms with Crippen molar-refractivity contribution in [2.45, 2.75) is 38.8 Å². The Morgan fingerprint density at radius 3 is 2.56 bits per heavy atom. The summed E-state index contributed by atoms with van der Waals surface area (Å²) in [7, 11) is 0. The molecular formula is C19H27Cl2N5O. The van der Waals surface area contributed by atoms with Crippen LogP contribution in [-0.4, -0.2) is 45.2 Å². The number of halogens is 2. The van der Waals surface area contributed by atoms with Crippen LogP contribution in [0.4, 0.5) is 0 Å². The second-order valence-electron chi connectivity index (χ2n) is 7.00. The molecule has 0 aliphatic carbocycles. The highest BCUT2D eigenvalue weighted by Gasteiger charge is 2.25. The number of nitrogens with zero attached hydrogens (tertiary/aromatic N) is 4. The molecule has 1 amide bonds. The fourth-order valence-electron chi connectivity index (χ4n) is 3.83. The van der Waals surface area contributed by atoms with Crippen molar-refractivity contribution in [1.29, 1.82) is 0 Å². The molecule has 6 nitrogen and oxygen atoms in total. The van der Waals surface area contributed by atoms with E-state index >= 15 is 0 Å². The molecule has 27 heavy (non-hydrogen) atoms. The molecule has 1 N–H and O–H groups in total. The summed E-state index contributed by atoms with van der Waals surface area (Å²) in [6, 6.07) is 10.1. The van der Waals surface area contributed by atoms with Crippen LogP contribution in [0.3, 0.4) is 0 Å². The third kappa shape index (κ3) is 5.00. The topological polar surface area (TPSA) is 63.1 Å². The summed E-state index contributed by atoms with van der Waals surface area (Å²) in [6.45, 7) is 4.27.